The number of ketones is 1. The molecule has 0 saturated heterocycles. The van der Waals surface area contributed by atoms with Gasteiger partial charge in [-0.05, 0) is 32.4 Å². The van der Waals surface area contributed by atoms with Gasteiger partial charge in [-0.25, -0.2) is 0 Å². The minimum Gasteiger partial charge on any atom is -0.386 e. The first-order chi connectivity index (χ1) is 10.3. The summed E-state index contributed by atoms with van der Waals surface area (Å²) in [4.78, 5) is 22.4. The monoisotopic (exact) mass is 304 g/mol. The van der Waals surface area contributed by atoms with Crippen LogP contribution in [0.1, 0.15) is 45.6 Å². The van der Waals surface area contributed by atoms with Gasteiger partial charge in [0.1, 0.15) is 0 Å². The van der Waals surface area contributed by atoms with Crippen molar-refractivity contribution in [2.24, 2.45) is 0 Å². The number of carbonyl (C=O) groups excluding carboxylic acids is 1. The number of nitrogens with zero attached hydrogens (tertiary/aromatic N) is 1. The highest BCUT2D eigenvalue weighted by Gasteiger charge is 2.29. The van der Waals surface area contributed by atoms with E-state index in [0.29, 0.717) is 6.42 Å². The molecule has 120 valence electrons. The Labute approximate surface area is 131 Å². The molecule has 1 aromatic rings. The van der Waals surface area contributed by atoms with Crippen LogP contribution in [0, 0.1) is 10.1 Å². The maximum absolute atomic E-state index is 11.4. The van der Waals surface area contributed by atoms with Gasteiger partial charge >= 0.3 is 0 Å². The average molecular weight is 304 g/mol. The van der Waals surface area contributed by atoms with Crippen molar-refractivity contribution in [1.29, 1.82) is 0 Å². The molecule has 0 bridgehead atoms. The van der Waals surface area contributed by atoms with Crippen LogP contribution in [0.2, 0.25) is 0 Å². The second-order valence-corrected chi connectivity index (χ2v) is 5.83. The van der Waals surface area contributed by atoms with Crippen LogP contribution in [-0.4, -0.2) is 22.8 Å². The number of nitrogens with one attached hydrogen (secondary N) is 1. The molecule has 0 heterocycles. The second kappa shape index (κ2) is 8.32. The van der Waals surface area contributed by atoms with Gasteiger partial charge in [0.25, 0.3) is 0 Å². The summed E-state index contributed by atoms with van der Waals surface area (Å²) >= 11 is 0. The highest BCUT2D eigenvalue weighted by Crippen LogP contribution is 2.28. The maximum atomic E-state index is 11.4. The van der Waals surface area contributed by atoms with Crippen LogP contribution in [0.5, 0.6) is 0 Å². The first kappa shape index (κ1) is 17.9. The van der Waals surface area contributed by atoms with Crippen molar-refractivity contribution < 1.29 is 9.72 Å². The smallest absolute Gasteiger partial charge is 0.217 e. The number of rotatable bonds is 8. The summed E-state index contributed by atoms with van der Waals surface area (Å²) in [6.07, 6.45) is 1.96. The average Bonchev–Trinajstić information content (AvgIpc) is 2.43. The quantitative estimate of drug-likeness (QED) is 0.454. The molecule has 1 aromatic carbocycles. The fraction of sp³-hybridized carbons (Fsp3) is 0.471. The lowest BCUT2D eigenvalue weighted by molar-refractivity contribution is -0.522. The Morgan fingerprint density at radius 3 is 2.32 bits per heavy atom. The van der Waals surface area contributed by atoms with Gasteiger partial charge in [-0.3, -0.25) is 14.9 Å². The Kier molecular flexibility index (Phi) is 6.76. The van der Waals surface area contributed by atoms with Gasteiger partial charge < -0.3 is 5.32 Å². The van der Waals surface area contributed by atoms with Gasteiger partial charge in [-0.2, -0.15) is 0 Å². The van der Waals surface area contributed by atoms with E-state index in [1.165, 1.54) is 13.0 Å². The Bertz CT molecular complexity index is 538. The lowest BCUT2D eigenvalue weighted by atomic mass is 9.88. The minimum atomic E-state index is -0.730. The third kappa shape index (κ3) is 5.68. The van der Waals surface area contributed by atoms with Crippen molar-refractivity contribution >= 4 is 5.78 Å². The predicted octanol–water partition coefficient (Wildman–Crippen LogP) is 3.30. The molecular weight excluding hydrogens is 280 g/mol. The zero-order chi connectivity index (χ0) is 16.7. The molecule has 0 aliphatic carbocycles. The molecular formula is C17H24N2O3. The SMILES string of the molecule is CC(=O)/C=C(/CC(c1ccccc1)C(C)[N+](=O)[O-])NC(C)C. The van der Waals surface area contributed by atoms with E-state index in [0.717, 1.165) is 11.3 Å². The maximum Gasteiger partial charge on any atom is 0.217 e. The van der Waals surface area contributed by atoms with Crippen LogP contribution < -0.4 is 5.32 Å². The molecule has 0 aliphatic rings. The Balaban J connectivity index is 3.10. The summed E-state index contributed by atoms with van der Waals surface area (Å²) < 4.78 is 0. The van der Waals surface area contributed by atoms with E-state index < -0.39 is 6.04 Å². The number of hydrogen-bond acceptors (Lipinski definition) is 4. The molecule has 2 atom stereocenters. The molecule has 0 amide bonds. The van der Waals surface area contributed by atoms with E-state index in [9.17, 15) is 14.9 Å². The summed E-state index contributed by atoms with van der Waals surface area (Å²) in [5.74, 6) is -0.350. The number of carbonyl (C=O) groups is 1. The first-order valence-electron chi connectivity index (χ1n) is 7.47. The Morgan fingerprint density at radius 2 is 1.86 bits per heavy atom. The van der Waals surface area contributed by atoms with Crippen molar-refractivity contribution in [2.75, 3.05) is 0 Å². The number of allylic oxidation sites excluding steroid dienone is 2. The van der Waals surface area contributed by atoms with Gasteiger partial charge in [0.2, 0.25) is 6.04 Å². The highest BCUT2D eigenvalue weighted by molar-refractivity contribution is 5.87. The van der Waals surface area contributed by atoms with Gasteiger partial charge in [-0.1, -0.05) is 30.3 Å². The van der Waals surface area contributed by atoms with E-state index in [4.69, 9.17) is 0 Å². The normalized spacial score (nSPS) is 14.5. The van der Waals surface area contributed by atoms with Crippen molar-refractivity contribution in [3.8, 4) is 0 Å². The lowest BCUT2D eigenvalue weighted by Crippen LogP contribution is -2.29. The summed E-state index contributed by atoms with van der Waals surface area (Å²) in [7, 11) is 0. The third-order valence-corrected chi connectivity index (χ3v) is 3.43. The molecule has 5 heteroatoms. The number of nitro groups is 1. The van der Waals surface area contributed by atoms with E-state index in [1.54, 1.807) is 6.92 Å². The molecule has 0 fully saturated rings. The molecule has 0 aliphatic heterocycles. The van der Waals surface area contributed by atoms with Crippen LogP contribution in [0.3, 0.4) is 0 Å². The third-order valence-electron chi connectivity index (χ3n) is 3.43. The Hall–Kier alpha value is -2.17. The van der Waals surface area contributed by atoms with Gasteiger partial charge in [-0.15, -0.1) is 0 Å². The first-order valence-corrected chi connectivity index (χ1v) is 7.47. The fourth-order valence-corrected chi connectivity index (χ4v) is 2.43. The molecule has 22 heavy (non-hydrogen) atoms. The second-order valence-electron chi connectivity index (χ2n) is 5.83. The van der Waals surface area contributed by atoms with Crippen LogP contribution in [0.4, 0.5) is 0 Å². The summed E-state index contributed by atoms with van der Waals surface area (Å²) in [6.45, 7) is 7.04. The number of benzene rings is 1. The van der Waals surface area contributed by atoms with E-state index >= 15 is 0 Å². The Morgan fingerprint density at radius 1 is 1.27 bits per heavy atom. The molecule has 1 rings (SSSR count). The highest BCUT2D eigenvalue weighted by atomic mass is 16.6. The predicted molar refractivity (Wildman–Crippen MR) is 87.3 cm³/mol. The zero-order valence-electron chi connectivity index (χ0n) is 13.6. The zero-order valence-corrected chi connectivity index (χ0v) is 13.6. The van der Waals surface area contributed by atoms with Crippen molar-refractivity contribution in [3.05, 3.63) is 57.8 Å². The molecule has 0 spiro atoms. The van der Waals surface area contributed by atoms with Crippen molar-refractivity contribution in [1.82, 2.24) is 5.32 Å². The lowest BCUT2D eigenvalue weighted by Gasteiger charge is -2.22. The molecule has 0 aromatic heterocycles. The fourth-order valence-electron chi connectivity index (χ4n) is 2.43. The van der Waals surface area contributed by atoms with Crippen molar-refractivity contribution in [3.63, 3.8) is 0 Å². The van der Waals surface area contributed by atoms with Crippen LogP contribution in [-0.2, 0) is 4.79 Å². The van der Waals surface area contributed by atoms with E-state index in [2.05, 4.69) is 5.32 Å². The standard InChI is InChI=1S/C17H24N2O3/c1-12(2)18-16(10-13(3)20)11-17(14(4)19(21)22)15-8-6-5-7-9-15/h5-10,12,14,17-18H,11H2,1-4H3/b16-10-. The van der Waals surface area contributed by atoms with Crippen LogP contribution >= 0.6 is 0 Å². The van der Waals surface area contributed by atoms with E-state index in [-0.39, 0.29) is 22.7 Å². The van der Waals surface area contributed by atoms with Crippen molar-refractivity contribution in [2.45, 2.75) is 52.1 Å². The molecule has 2 unspecified atom stereocenters. The largest absolute Gasteiger partial charge is 0.386 e. The minimum absolute atomic E-state index is 0.0660. The van der Waals surface area contributed by atoms with Crippen LogP contribution in [0.25, 0.3) is 0 Å². The molecule has 1 N–H and O–H groups in total. The molecule has 0 radical (unpaired) electrons. The molecule has 5 nitrogen and oxygen atoms in total. The molecule has 0 saturated carbocycles. The summed E-state index contributed by atoms with van der Waals surface area (Å²) in [6, 6.07) is 8.85. The summed E-state index contributed by atoms with van der Waals surface area (Å²) in [5, 5.41) is 14.5. The van der Waals surface area contributed by atoms with Crippen LogP contribution in [0.15, 0.2) is 42.1 Å². The van der Waals surface area contributed by atoms with E-state index in [1.807, 2.05) is 44.2 Å². The van der Waals surface area contributed by atoms with Gasteiger partial charge in [0.15, 0.2) is 5.78 Å². The van der Waals surface area contributed by atoms with Gasteiger partial charge in [0.05, 0.1) is 5.92 Å². The van der Waals surface area contributed by atoms with Gasteiger partial charge in [0, 0.05) is 30.0 Å². The topological polar surface area (TPSA) is 72.2 Å². The number of hydrogen-bond donors (Lipinski definition) is 1. The summed E-state index contributed by atoms with van der Waals surface area (Å²) in [5.41, 5.74) is 1.65.